The molecule has 0 radical (unpaired) electrons. The molecule has 1 fully saturated rings. The fourth-order valence-electron chi connectivity index (χ4n) is 2.15. The van der Waals surface area contributed by atoms with Crippen molar-refractivity contribution in [3.8, 4) is 0 Å². The molecule has 0 spiro atoms. The fraction of sp³-hybridized carbons (Fsp3) is 1.00. The van der Waals surface area contributed by atoms with Gasteiger partial charge in [0, 0.05) is 18.6 Å². The van der Waals surface area contributed by atoms with E-state index in [9.17, 15) is 0 Å². The molecule has 1 aliphatic rings. The molecular formula is C13H28N2. The van der Waals surface area contributed by atoms with Crippen LogP contribution in [0.1, 0.15) is 47.5 Å². The van der Waals surface area contributed by atoms with Crippen molar-refractivity contribution in [2.75, 3.05) is 19.6 Å². The lowest BCUT2D eigenvalue weighted by atomic mass is 9.75. The van der Waals surface area contributed by atoms with Gasteiger partial charge in [0.15, 0.2) is 0 Å². The van der Waals surface area contributed by atoms with E-state index in [2.05, 4.69) is 39.5 Å². The van der Waals surface area contributed by atoms with Gasteiger partial charge >= 0.3 is 0 Å². The number of nitrogens with zero attached hydrogens (tertiary/aromatic N) is 1. The number of hydrogen-bond acceptors (Lipinski definition) is 2. The molecule has 0 aromatic carbocycles. The van der Waals surface area contributed by atoms with Gasteiger partial charge in [0.25, 0.3) is 0 Å². The van der Waals surface area contributed by atoms with E-state index in [0.29, 0.717) is 0 Å². The lowest BCUT2D eigenvalue weighted by Crippen LogP contribution is -2.52. The number of likely N-dealkylation sites (tertiary alicyclic amines) is 1. The Hall–Kier alpha value is -0.0800. The maximum atomic E-state index is 6.23. The molecular weight excluding hydrogens is 184 g/mol. The van der Waals surface area contributed by atoms with E-state index < -0.39 is 0 Å². The van der Waals surface area contributed by atoms with Crippen molar-refractivity contribution in [1.82, 2.24) is 4.90 Å². The number of nitrogens with two attached hydrogens (primary N) is 1. The van der Waals surface area contributed by atoms with Crippen molar-refractivity contribution in [3.63, 3.8) is 0 Å². The third kappa shape index (κ3) is 3.18. The maximum Gasteiger partial charge on any atom is 0.0161 e. The zero-order valence-electron chi connectivity index (χ0n) is 11.1. The van der Waals surface area contributed by atoms with Crippen LogP contribution in [0.25, 0.3) is 0 Å². The summed E-state index contributed by atoms with van der Waals surface area (Å²) >= 11 is 0. The van der Waals surface area contributed by atoms with Gasteiger partial charge in [-0.05, 0) is 38.1 Å². The predicted molar refractivity (Wildman–Crippen MR) is 66.9 cm³/mol. The molecule has 1 atom stereocenters. The first-order valence-corrected chi connectivity index (χ1v) is 6.27. The summed E-state index contributed by atoms with van der Waals surface area (Å²) in [7, 11) is 0. The van der Waals surface area contributed by atoms with Crippen molar-refractivity contribution in [2.24, 2.45) is 17.1 Å². The first-order chi connectivity index (χ1) is 6.76. The average molecular weight is 212 g/mol. The minimum absolute atomic E-state index is 0.0999. The average Bonchev–Trinajstić information content (AvgIpc) is 2.49. The Labute approximate surface area is 95.2 Å². The van der Waals surface area contributed by atoms with Crippen molar-refractivity contribution in [2.45, 2.75) is 53.0 Å². The molecule has 2 heteroatoms. The molecule has 0 aromatic heterocycles. The van der Waals surface area contributed by atoms with Crippen molar-refractivity contribution >= 4 is 0 Å². The topological polar surface area (TPSA) is 29.3 Å². The largest absolute Gasteiger partial charge is 0.325 e. The van der Waals surface area contributed by atoms with Crippen LogP contribution in [-0.4, -0.2) is 30.1 Å². The van der Waals surface area contributed by atoms with Gasteiger partial charge in [0.1, 0.15) is 0 Å². The molecule has 0 aromatic rings. The van der Waals surface area contributed by atoms with Crippen LogP contribution in [0, 0.1) is 11.3 Å². The van der Waals surface area contributed by atoms with Crippen LogP contribution in [-0.2, 0) is 0 Å². The molecule has 0 amide bonds. The standard InChI is InChI=1S/C13H28N2/c1-6-11-7-8-15(9-11)10-12(2,3)13(4,5)14/h11H,6-10,14H2,1-5H3. The summed E-state index contributed by atoms with van der Waals surface area (Å²) in [6.45, 7) is 14.8. The molecule has 15 heavy (non-hydrogen) atoms. The number of rotatable bonds is 4. The summed E-state index contributed by atoms with van der Waals surface area (Å²) in [4.78, 5) is 2.59. The van der Waals surface area contributed by atoms with Gasteiger partial charge in [-0.1, -0.05) is 27.2 Å². The first-order valence-electron chi connectivity index (χ1n) is 6.27. The summed E-state index contributed by atoms with van der Waals surface area (Å²) in [5.74, 6) is 0.918. The monoisotopic (exact) mass is 212 g/mol. The highest BCUT2D eigenvalue weighted by Gasteiger charge is 2.36. The summed E-state index contributed by atoms with van der Waals surface area (Å²) in [6.07, 6.45) is 2.69. The minimum atomic E-state index is -0.0999. The van der Waals surface area contributed by atoms with Crippen LogP contribution < -0.4 is 5.73 Å². The van der Waals surface area contributed by atoms with Gasteiger partial charge in [0.05, 0.1) is 0 Å². The Kier molecular flexibility index (Phi) is 3.83. The quantitative estimate of drug-likeness (QED) is 0.776. The summed E-state index contributed by atoms with van der Waals surface area (Å²) < 4.78 is 0. The lowest BCUT2D eigenvalue weighted by molar-refractivity contribution is 0.127. The van der Waals surface area contributed by atoms with Crippen LogP contribution in [0.15, 0.2) is 0 Å². The molecule has 1 aliphatic heterocycles. The fourth-order valence-corrected chi connectivity index (χ4v) is 2.15. The molecule has 1 heterocycles. The molecule has 2 nitrogen and oxygen atoms in total. The maximum absolute atomic E-state index is 6.23. The zero-order chi connectivity index (χ0) is 11.7. The van der Waals surface area contributed by atoms with Gasteiger partial charge in [-0.25, -0.2) is 0 Å². The second-order valence-electron chi connectivity index (χ2n) is 6.40. The summed E-state index contributed by atoms with van der Waals surface area (Å²) in [5, 5.41) is 0. The van der Waals surface area contributed by atoms with Gasteiger partial charge in [-0.3, -0.25) is 0 Å². The smallest absolute Gasteiger partial charge is 0.0161 e. The Bertz CT molecular complexity index is 203. The van der Waals surface area contributed by atoms with Crippen LogP contribution >= 0.6 is 0 Å². The van der Waals surface area contributed by atoms with E-state index in [4.69, 9.17) is 5.73 Å². The van der Waals surface area contributed by atoms with E-state index in [1.807, 2.05) is 0 Å². The molecule has 0 bridgehead atoms. The van der Waals surface area contributed by atoms with Crippen molar-refractivity contribution in [1.29, 1.82) is 0 Å². The zero-order valence-corrected chi connectivity index (χ0v) is 11.1. The van der Waals surface area contributed by atoms with Crippen molar-refractivity contribution in [3.05, 3.63) is 0 Å². The van der Waals surface area contributed by atoms with E-state index in [1.54, 1.807) is 0 Å². The van der Waals surface area contributed by atoms with Gasteiger partial charge in [-0.2, -0.15) is 0 Å². The molecule has 1 rings (SSSR count). The summed E-state index contributed by atoms with van der Waals surface area (Å²) in [6, 6.07) is 0. The molecule has 2 N–H and O–H groups in total. The molecule has 1 unspecified atom stereocenters. The summed E-state index contributed by atoms with van der Waals surface area (Å²) in [5.41, 5.74) is 6.32. The minimum Gasteiger partial charge on any atom is -0.325 e. The van der Waals surface area contributed by atoms with E-state index in [1.165, 1.54) is 25.9 Å². The first kappa shape index (κ1) is 13.0. The second kappa shape index (κ2) is 4.42. The highest BCUT2D eigenvalue weighted by molar-refractivity contribution is 4.93. The lowest BCUT2D eigenvalue weighted by Gasteiger charge is -2.41. The Balaban J connectivity index is 2.49. The van der Waals surface area contributed by atoms with Crippen LogP contribution in [0.3, 0.4) is 0 Å². The molecule has 0 aliphatic carbocycles. The van der Waals surface area contributed by atoms with Gasteiger partial charge < -0.3 is 10.6 Å². The molecule has 90 valence electrons. The van der Waals surface area contributed by atoms with E-state index in [-0.39, 0.29) is 11.0 Å². The Morgan fingerprint density at radius 2 is 1.87 bits per heavy atom. The third-order valence-electron chi connectivity index (χ3n) is 4.31. The van der Waals surface area contributed by atoms with Crippen LogP contribution in [0.2, 0.25) is 0 Å². The normalized spacial score (nSPS) is 24.8. The van der Waals surface area contributed by atoms with Gasteiger partial charge in [-0.15, -0.1) is 0 Å². The SMILES string of the molecule is CCC1CCN(CC(C)(C)C(C)(C)N)C1. The Morgan fingerprint density at radius 3 is 2.27 bits per heavy atom. The third-order valence-corrected chi connectivity index (χ3v) is 4.31. The highest BCUT2D eigenvalue weighted by Crippen LogP contribution is 2.31. The van der Waals surface area contributed by atoms with Crippen LogP contribution in [0.5, 0.6) is 0 Å². The Morgan fingerprint density at radius 1 is 1.27 bits per heavy atom. The second-order valence-corrected chi connectivity index (χ2v) is 6.40. The van der Waals surface area contributed by atoms with Crippen molar-refractivity contribution < 1.29 is 0 Å². The predicted octanol–water partition coefficient (Wildman–Crippen LogP) is 2.48. The molecule has 1 saturated heterocycles. The van der Waals surface area contributed by atoms with E-state index in [0.717, 1.165) is 12.5 Å². The van der Waals surface area contributed by atoms with Crippen LogP contribution in [0.4, 0.5) is 0 Å². The number of hydrogen-bond donors (Lipinski definition) is 1. The van der Waals surface area contributed by atoms with Gasteiger partial charge in [0.2, 0.25) is 0 Å². The van der Waals surface area contributed by atoms with E-state index >= 15 is 0 Å². The molecule has 0 saturated carbocycles. The highest BCUT2D eigenvalue weighted by atomic mass is 15.2.